The number of hydrogen-bond acceptors (Lipinski definition) is 4. The quantitative estimate of drug-likeness (QED) is 0.175. The van der Waals surface area contributed by atoms with Gasteiger partial charge in [-0.3, -0.25) is 0 Å². The summed E-state index contributed by atoms with van der Waals surface area (Å²) in [6.07, 6.45) is 0. The molecule has 0 amide bonds. The van der Waals surface area contributed by atoms with E-state index in [1.165, 1.54) is 86.9 Å². The van der Waals surface area contributed by atoms with E-state index >= 15 is 0 Å². The summed E-state index contributed by atoms with van der Waals surface area (Å²) >= 11 is 1.88. The molecule has 10 aromatic carbocycles. The van der Waals surface area contributed by atoms with E-state index in [1.54, 1.807) is 0 Å². The lowest BCUT2D eigenvalue weighted by Gasteiger charge is -2.47. The second-order valence-corrected chi connectivity index (χ2v) is 20.2. The van der Waals surface area contributed by atoms with E-state index in [4.69, 9.17) is 4.74 Å². The minimum atomic E-state index is -0.629. The largest absolute Gasteiger partial charge is 0.453 e. The molecule has 3 heterocycles. The van der Waals surface area contributed by atoms with Gasteiger partial charge in [0.2, 0.25) is 0 Å². The highest BCUT2D eigenvalue weighted by Gasteiger charge is 2.53. The molecule has 4 heteroatoms. The van der Waals surface area contributed by atoms with Crippen molar-refractivity contribution in [2.75, 3.05) is 9.80 Å². The van der Waals surface area contributed by atoms with Gasteiger partial charge in [-0.15, -0.1) is 11.3 Å². The van der Waals surface area contributed by atoms with Gasteiger partial charge in [-0.2, -0.15) is 0 Å². The van der Waals surface area contributed by atoms with Crippen LogP contribution in [0, 0.1) is 0 Å². The predicted molar refractivity (Wildman–Crippen MR) is 283 cm³/mol. The van der Waals surface area contributed by atoms with Crippen LogP contribution in [0.25, 0.3) is 53.6 Å². The first-order chi connectivity index (χ1) is 33.5. The van der Waals surface area contributed by atoms with Crippen molar-refractivity contribution in [1.82, 2.24) is 0 Å². The van der Waals surface area contributed by atoms with E-state index in [0.717, 1.165) is 45.6 Å². The highest BCUT2D eigenvalue weighted by molar-refractivity contribution is 7.26. The lowest BCUT2D eigenvalue weighted by Crippen LogP contribution is -2.37. The highest BCUT2D eigenvalue weighted by atomic mass is 32.1. The van der Waals surface area contributed by atoms with Crippen molar-refractivity contribution in [3.05, 3.63) is 252 Å². The van der Waals surface area contributed by atoms with Gasteiger partial charge in [-0.1, -0.05) is 166 Å². The Morgan fingerprint density at radius 1 is 0.412 bits per heavy atom. The number of nitrogens with zero attached hydrogens (tertiary/aromatic N) is 2. The molecule has 1 unspecified atom stereocenters. The average Bonchev–Trinajstić information content (AvgIpc) is 3.99. The van der Waals surface area contributed by atoms with Crippen molar-refractivity contribution in [2.24, 2.45) is 0 Å². The SMILES string of the molecule is CC1(C)c2ccccc2-c2ccc(N(c3ccc(-c4cccc5c4sc4ccccc45)cc3)c3ccc4c(c3)C3(c5ccccc5-4)c4ccccc4N4c5ccccc5Oc5cccc3c54)cc21. The molecule has 3 nitrogen and oxygen atoms in total. The average molecular weight is 887 g/mol. The summed E-state index contributed by atoms with van der Waals surface area (Å²) in [5, 5.41) is 2.63. The van der Waals surface area contributed by atoms with Gasteiger partial charge in [-0.05, 0) is 133 Å². The van der Waals surface area contributed by atoms with Crippen molar-refractivity contribution in [2.45, 2.75) is 24.7 Å². The van der Waals surface area contributed by atoms with Gasteiger partial charge in [0.05, 0.1) is 22.5 Å². The Bertz CT molecular complexity index is 3950. The summed E-state index contributed by atoms with van der Waals surface area (Å²) in [6.45, 7) is 4.75. The van der Waals surface area contributed by atoms with E-state index in [2.05, 4.69) is 242 Å². The van der Waals surface area contributed by atoms with Crippen molar-refractivity contribution in [3.8, 4) is 44.9 Å². The van der Waals surface area contributed by atoms with Gasteiger partial charge in [0, 0.05) is 42.6 Å². The third-order valence-electron chi connectivity index (χ3n) is 15.5. The number of ether oxygens (including phenoxy) is 1. The van der Waals surface area contributed by atoms with E-state index < -0.39 is 5.41 Å². The summed E-state index contributed by atoms with van der Waals surface area (Å²) in [7, 11) is 0. The van der Waals surface area contributed by atoms with Crippen LogP contribution in [0.15, 0.2) is 218 Å². The number of para-hydroxylation sites is 4. The first-order valence-corrected chi connectivity index (χ1v) is 24.4. The molecule has 320 valence electrons. The summed E-state index contributed by atoms with van der Waals surface area (Å²) in [6, 6.07) is 81.3. The molecule has 15 rings (SSSR count). The number of rotatable bonds is 4. The standard InChI is InChI=1S/C64H42N2OS/c1-63(2)50-20-6-3-15-44(50)46-35-33-41(37-54(46)63)65(40-31-29-39(30-32-40)43-18-13-19-49-48-17-5-12-28-60(48)68-62(43)49)42-34-36-47-45-16-4-7-21-51(45)64(55(47)38-42)52-22-8-9-24-56(52)66-57-25-10-11-26-58(57)67-59-27-14-23-53(64)61(59)66/h3-38H,1-2H3. The third-order valence-corrected chi connectivity index (χ3v) is 16.7. The summed E-state index contributed by atoms with van der Waals surface area (Å²) in [5.41, 5.74) is 21.2. The smallest absolute Gasteiger partial charge is 0.151 e. The molecule has 2 aliphatic carbocycles. The van der Waals surface area contributed by atoms with Crippen molar-refractivity contribution >= 4 is 65.6 Å². The minimum Gasteiger partial charge on any atom is -0.453 e. The van der Waals surface area contributed by atoms with Crippen LogP contribution in [-0.4, -0.2) is 0 Å². The molecule has 0 N–H and O–H groups in total. The van der Waals surface area contributed by atoms with Gasteiger partial charge in [0.25, 0.3) is 0 Å². The van der Waals surface area contributed by atoms with Crippen LogP contribution in [0.5, 0.6) is 11.5 Å². The number of thiophene rings is 1. The second kappa shape index (κ2) is 13.7. The Labute approximate surface area is 399 Å². The van der Waals surface area contributed by atoms with Crippen molar-refractivity contribution in [3.63, 3.8) is 0 Å². The van der Waals surface area contributed by atoms with Crippen LogP contribution in [0.4, 0.5) is 34.1 Å². The lowest BCUT2D eigenvalue weighted by molar-refractivity contribution is 0.473. The number of benzene rings is 10. The van der Waals surface area contributed by atoms with Gasteiger partial charge in [0.15, 0.2) is 11.5 Å². The van der Waals surface area contributed by atoms with Crippen molar-refractivity contribution < 1.29 is 4.74 Å². The van der Waals surface area contributed by atoms with Crippen LogP contribution >= 0.6 is 11.3 Å². The molecule has 68 heavy (non-hydrogen) atoms. The third kappa shape index (κ3) is 4.92. The zero-order valence-electron chi connectivity index (χ0n) is 37.5. The molecule has 0 bridgehead atoms. The first kappa shape index (κ1) is 38.0. The monoisotopic (exact) mass is 886 g/mol. The highest BCUT2D eigenvalue weighted by Crippen LogP contribution is 2.67. The predicted octanol–water partition coefficient (Wildman–Crippen LogP) is 17.7. The summed E-state index contributed by atoms with van der Waals surface area (Å²) < 4.78 is 9.45. The second-order valence-electron chi connectivity index (χ2n) is 19.2. The van der Waals surface area contributed by atoms with Gasteiger partial charge >= 0.3 is 0 Å². The molecule has 0 saturated heterocycles. The van der Waals surface area contributed by atoms with Crippen LogP contribution in [0.2, 0.25) is 0 Å². The normalized spacial score (nSPS) is 16.1. The first-order valence-electron chi connectivity index (χ1n) is 23.6. The zero-order chi connectivity index (χ0) is 44.9. The molecule has 4 aliphatic rings. The molecular weight excluding hydrogens is 845 g/mol. The zero-order valence-corrected chi connectivity index (χ0v) is 38.3. The molecular formula is C64H42N2OS. The molecule has 0 saturated carbocycles. The molecule has 1 atom stereocenters. The molecule has 0 radical (unpaired) electrons. The van der Waals surface area contributed by atoms with Crippen LogP contribution in [-0.2, 0) is 10.8 Å². The van der Waals surface area contributed by atoms with Gasteiger partial charge < -0.3 is 14.5 Å². The minimum absolute atomic E-state index is 0.158. The molecule has 0 fully saturated rings. The van der Waals surface area contributed by atoms with E-state index in [-0.39, 0.29) is 5.41 Å². The summed E-state index contributed by atoms with van der Waals surface area (Å²) in [4.78, 5) is 4.92. The number of hydrogen-bond donors (Lipinski definition) is 0. The van der Waals surface area contributed by atoms with Crippen LogP contribution < -0.4 is 14.5 Å². The maximum absolute atomic E-state index is 6.80. The number of anilines is 6. The van der Waals surface area contributed by atoms with E-state index in [0.29, 0.717) is 0 Å². The van der Waals surface area contributed by atoms with Crippen LogP contribution in [0.1, 0.15) is 47.2 Å². The Balaban J connectivity index is 0.962. The maximum atomic E-state index is 6.80. The fourth-order valence-electron chi connectivity index (χ4n) is 12.5. The molecule has 2 aliphatic heterocycles. The molecule has 1 spiro atoms. The Morgan fingerprint density at radius 2 is 0.971 bits per heavy atom. The van der Waals surface area contributed by atoms with Crippen molar-refractivity contribution in [1.29, 1.82) is 0 Å². The van der Waals surface area contributed by atoms with E-state index in [9.17, 15) is 0 Å². The lowest BCUT2D eigenvalue weighted by atomic mass is 9.64. The fraction of sp³-hybridized carbons (Fsp3) is 0.0625. The molecule has 1 aromatic heterocycles. The molecule has 11 aromatic rings. The van der Waals surface area contributed by atoms with E-state index in [1.807, 2.05) is 11.3 Å². The van der Waals surface area contributed by atoms with Gasteiger partial charge in [0.1, 0.15) is 0 Å². The fourth-order valence-corrected chi connectivity index (χ4v) is 13.8. The number of fused-ring (bicyclic) bond motifs is 17. The Morgan fingerprint density at radius 3 is 1.79 bits per heavy atom. The maximum Gasteiger partial charge on any atom is 0.151 e. The summed E-state index contributed by atoms with van der Waals surface area (Å²) in [5.74, 6) is 1.73. The Kier molecular flexibility index (Phi) is 7.65. The Hall–Kier alpha value is -8.18. The van der Waals surface area contributed by atoms with Gasteiger partial charge in [-0.25, -0.2) is 0 Å². The topological polar surface area (TPSA) is 15.7 Å². The van der Waals surface area contributed by atoms with Crippen LogP contribution in [0.3, 0.4) is 0 Å².